The zero-order valence-corrected chi connectivity index (χ0v) is 20.2. The Kier molecular flexibility index (Phi) is 7.87. The van der Waals surface area contributed by atoms with Gasteiger partial charge in [0, 0.05) is 44.9 Å². The molecule has 9 nitrogen and oxygen atoms in total. The number of likely N-dealkylation sites (N-methyl/N-ethyl adjacent to an activating group) is 1. The maximum absolute atomic E-state index is 12.6. The second-order valence-electron chi connectivity index (χ2n) is 7.60. The molecule has 31 heavy (non-hydrogen) atoms. The molecular formula is C19H27ClN6O3S2. The van der Waals surface area contributed by atoms with Gasteiger partial charge < -0.3 is 15.1 Å². The van der Waals surface area contributed by atoms with Crippen LogP contribution in [0, 0.1) is 6.92 Å². The highest BCUT2D eigenvalue weighted by molar-refractivity contribution is 7.92. The van der Waals surface area contributed by atoms with Gasteiger partial charge in [-0.1, -0.05) is 22.9 Å². The summed E-state index contributed by atoms with van der Waals surface area (Å²) in [6, 6.07) is 1.64. The maximum Gasteiger partial charge on any atom is 0.232 e. The van der Waals surface area contributed by atoms with Crippen molar-refractivity contribution in [3.63, 3.8) is 0 Å². The third-order valence-corrected chi connectivity index (χ3v) is 7.71. The van der Waals surface area contributed by atoms with E-state index in [1.54, 1.807) is 12.3 Å². The number of amides is 1. The molecule has 1 aliphatic heterocycles. The van der Waals surface area contributed by atoms with Crippen LogP contribution in [0.2, 0.25) is 5.15 Å². The van der Waals surface area contributed by atoms with E-state index in [2.05, 4.69) is 36.9 Å². The van der Waals surface area contributed by atoms with E-state index in [1.807, 2.05) is 6.92 Å². The Morgan fingerprint density at radius 3 is 2.68 bits per heavy atom. The summed E-state index contributed by atoms with van der Waals surface area (Å²) < 4.78 is 27.8. The second kappa shape index (κ2) is 10.2. The molecule has 1 aliphatic rings. The minimum Gasteiger partial charge on any atom is -0.304 e. The van der Waals surface area contributed by atoms with Gasteiger partial charge in [0.1, 0.15) is 0 Å². The number of piperazine rings is 1. The highest BCUT2D eigenvalue weighted by Gasteiger charge is 2.18. The molecule has 0 radical (unpaired) electrons. The average molecular weight is 487 g/mol. The summed E-state index contributed by atoms with van der Waals surface area (Å²) in [5.74, 6) is -0.203. The molecule has 1 fully saturated rings. The van der Waals surface area contributed by atoms with Crippen LogP contribution in [0.3, 0.4) is 0 Å². The van der Waals surface area contributed by atoms with Crippen LogP contribution in [0.5, 0.6) is 0 Å². The number of pyridine rings is 1. The van der Waals surface area contributed by atoms with Gasteiger partial charge in [0.25, 0.3) is 0 Å². The van der Waals surface area contributed by atoms with Crippen molar-refractivity contribution in [3.8, 4) is 10.4 Å². The van der Waals surface area contributed by atoms with E-state index in [9.17, 15) is 13.2 Å². The molecule has 0 aromatic carbocycles. The minimum atomic E-state index is -3.57. The van der Waals surface area contributed by atoms with Crippen LogP contribution in [-0.2, 0) is 14.8 Å². The molecule has 0 atom stereocenters. The zero-order valence-electron chi connectivity index (χ0n) is 17.8. The summed E-state index contributed by atoms with van der Waals surface area (Å²) in [5.41, 5.74) is 1.61. The molecular weight excluding hydrogens is 460 g/mol. The average Bonchev–Trinajstić information content (AvgIpc) is 3.04. The molecule has 1 saturated heterocycles. The molecule has 3 rings (SSSR count). The van der Waals surface area contributed by atoms with Crippen molar-refractivity contribution in [2.75, 3.05) is 55.6 Å². The largest absolute Gasteiger partial charge is 0.304 e. The predicted octanol–water partition coefficient (Wildman–Crippen LogP) is 2.50. The van der Waals surface area contributed by atoms with Gasteiger partial charge in [0.05, 0.1) is 22.0 Å². The number of hydrogen-bond acceptors (Lipinski definition) is 8. The number of sulfonamides is 1. The highest BCUT2D eigenvalue weighted by Crippen LogP contribution is 2.35. The molecule has 0 spiro atoms. The Bertz CT molecular complexity index is 1040. The number of rotatable bonds is 8. The molecule has 0 unspecified atom stereocenters. The van der Waals surface area contributed by atoms with Crippen molar-refractivity contribution in [2.45, 2.75) is 20.3 Å². The third kappa shape index (κ3) is 6.84. The van der Waals surface area contributed by atoms with Gasteiger partial charge in [-0.25, -0.2) is 18.4 Å². The van der Waals surface area contributed by atoms with Crippen LogP contribution in [-0.4, -0.2) is 79.6 Å². The first-order valence-corrected chi connectivity index (χ1v) is 12.8. The van der Waals surface area contributed by atoms with Crippen molar-refractivity contribution in [1.82, 2.24) is 19.8 Å². The number of carbonyl (C=O) groups is 1. The van der Waals surface area contributed by atoms with Crippen LogP contribution in [0.25, 0.3) is 10.4 Å². The van der Waals surface area contributed by atoms with Crippen LogP contribution < -0.4 is 10.0 Å². The number of nitrogens with one attached hydrogen (secondary N) is 2. The normalized spacial score (nSPS) is 15.7. The lowest BCUT2D eigenvalue weighted by atomic mass is 10.2. The van der Waals surface area contributed by atoms with Crippen molar-refractivity contribution in [1.29, 1.82) is 0 Å². The fourth-order valence-corrected chi connectivity index (χ4v) is 5.58. The summed E-state index contributed by atoms with van der Waals surface area (Å²) in [7, 11) is -1.48. The van der Waals surface area contributed by atoms with Gasteiger partial charge in [0.2, 0.25) is 15.9 Å². The van der Waals surface area contributed by atoms with Crippen LogP contribution >= 0.6 is 22.9 Å². The van der Waals surface area contributed by atoms with Gasteiger partial charge >= 0.3 is 0 Å². The molecule has 170 valence electrons. The standard InChI is InChI=1S/C19H27ClN6O3S2/c1-13-17(30-19(22-13)23-14(2)27)15-11-16(18(20)21-12-15)24-31(28,29)10-4-5-26-8-6-25(3)7-9-26/h11-12,24H,4-10H2,1-3H3,(H,22,23,27). The lowest BCUT2D eigenvalue weighted by Gasteiger charge is -2.32. The SMILES string of the molecule is CC(=O)Nc1nc(C)c(-c2cnc(Cl)c(NS(=O)(=O)CCCN3CCN(C)CC3)c2)s1. The van der Waals surface area contributed by atoms with E-state index in [0.717, 1.165) is 37.6 Å². The van der Waals surface area contributed by atoms with E-state index in [1.165, 1.54) is 18.3 Å². The molecule has 0 saturated carbocycles. The Hall–Kier alpha value is -1.79. The number of carbonyl (C=O) groups excluding carboxylic acids is 1. The molecule has 2 N–H and O–H groups in total. The molecule has 2 aromatic rings. The lowest BCUT2D eigenvalue weighted by Crippen LogP contribution is -2.45. The number of thiazole rings is 1. The van der Waals surface area contributed by atoms with E-state index >= 15 is 0 Å². The Morgan fingerprint density at radius 1 is 1.29 bits per heavy atom. The number of anilines is 2. The molecule has 12 heteroatoms. The molecule has 0 bridgehead atoms. The smallest absolute Gasteiger partial charge is 0.232 e. The van der Waals surface area contributed by atoms with Crippen molar-refractivity contribution >= 4 is 49.7 Å². The molecule has 1 amide bonds. The summed E-state index contributed by atoms with van der Waals surface area (Å²) in [6.07, 6.45) is 2.10. The Balaban J connectivity index is 1.66. The summed E-state index contributed by atoms with van der Waals surface area (Å²) in [4.78, 5) is 25.1. The van der Waals surface area contributed by atoms with E-state index in [4.69, 9.17) is 11.6 Å². The first kappa shape index (κ1) is 23.9. The van der Waals surface area contributed by atoms with Gasteiger partial charge in [-0.05, 0) is 33.0 Å². The Labute approximate surface area is 191 Å². The van der Waals surface area contributed by atoms with E-state index < -0.39 is 10.0 Å². The summed E-state index contributed by atoms with van der Waals surface area (Å²) in [6.45, 7) is 7.88. The third-order valence-electron chi connectivity index (χ3n) is 4.93. The molecule has 2 aromatic heterocycles. The fourth-order valence-electron chi connectivity index (χ4n) is 3.28. The van der Waals surface area contributed by atoms with Gasteiger partial charge in [-0.2, -0.15) is 0 Å². The number of hydrogen-bond donors (Lipinski definition) is 2. The Morgan fingerprint density at radius 2 is 2.00 bits per heavy atom. The monoisotopic (exact) mass is 486 g/mol. The van der Waals surface area contributed by atoms with Gasteiger partial charge in [-0.3, -0.25) is 9.52 Å². The first-order chi connectivity index (χ1) is 14.6. The number of nitrogens with zero attached hydrogens (tertiary/aromatic N) is 4. The maximum atomic E-state index is 12.6. The highest BCUT2D eigenvalue weighted by atomic mass is 35.5. The lowest BCUT2D eigenvalue weighted by molar-refractivity contribution is -0.114. The van der Waals surface area contributed by atoms with E-state index in [0.29, 0.717) is 22.8 Å². The van der Waals surface area contributed by atoms with Gasteiger partial charge in [-0.15, -0.1) is 0 Å². The van der Waals surface area contributed by atoms with Crippen LogP contribution in [0.4, 0.5) is 10.8 Å². The summed E-state index contributed by atoms with van der Waals surface area (Å²) in [5, 5.41) is 3.21. The quantitative estimate of drug-likeness (QED) is 0.552. The zero-order chi connectivity index (χ0) is 22.6. The van der Waals surface area contributed by atoms with Crippen LogP contribution in [0.15, 0.2) is 12.3 Å². The number of halogens is 1. The van der Waals surface area contributed by atoms with E-state index in [-0.39, 0.29) is 22.5 Å². The predicted molar refractivity (Wildman–Crippen MR) is 125 cm³/mol. The first-order valence-electron chi connectivity index (χ1n) is 9.95. The minimum absolute atomic E-state index is 0.00611. The van der Waals surface area contributed by atoms with Crippen LogP contribution in [0.1, 0.15) is 19.0 Å². The topological polar surface area (TPSA) is 108 Å². The van der Waals surface area contributed by atoms with Gasteiger partial charge in [0.15, 0.2) is 10.3 Å². The fraction of sp³-hybridized carbons (Fsp3) is 0.526. The molecule has 0 aliphatic carbocycles. The van der Waals surface area contributed by atoms with Crippen molar-refractivity contribution < 1.29 is 13.2 Å². The summed E-state index contributed by atoms with van der Waals surface area (Å²) >= 11 is 7.44. The second-order valence-corrected chi connectivity index (χ2v) is 10.8. The number of aryl methyl sites for hydroxylation is 1. The molecule has 3 heterocycles. The number of aromatic nitrogens is 2. The van der Waals surface area contributed by atoms with Crippen molar-refractivity contribution in [3.05, 3.63) is 23.1 Å². The van der Waals surface area contributed by atoms with Crippen molar-refractivity contribution in [2.24, 2.45) is 0 Å².